The lowest BCUT2D eigenvalue weighted by atomic mass is 9.81. The third kappa shape index (κ3) is 4.72. The van der Waals surface area contributed by atoms with Crippen molar-refractivity contribution in [2.75, 3.05) is 0 Å². The molecule has 3 rings (SSSR count). The molecule has 0 N–H and O–H groups in total. The van der Waals surface area contributed by atoms with E-state index in [4.69, 9.17) is 20.0 Å². The molecule has 0 aromatic heterocycles. The molecule has 0 spiro atoms. The third-order valence-electron chi connectivity index (χ3n) is 5.14. The molecule has 1 aliphatic carbocycles. The zero-order valence-corrected chi connectivity index (χ0v) is 16.3. The molecular weight excluding hydrogens is 348 g/mol. The van der Waals surface area contributed by atoms with Crippen LogP contribution in [0, 0.1) is 29.0 Å². The molecule has 4 heteroatoms. The largest absolute Gasteiger partial charge is 0.388 e. The molecule has 1 aliphatic rings. The van der Waals surface area contributed by atoms with E-state index >= 15 is 0 Å². The van der Waals surface area contributed by atoms with Gasteiger partial charge >= 0.3 is 0 Å². The van der Waals surface area contributed by atoms with Crippen molar-refractivity contribution in [1.29, 1.82) is 10.5 Å². The van der Waals surface area contributed by atoms with E-state index in [1.54, 1.807) is 12.5 Å². The van der Waals surface area contributed by atoms with E-state index in [-0.39, 0.29) is 0 Å². The summed E-state index contributed by atoms with van der Waals surface area (Å²) in [5, 5.41) is 17.4. The molecule has 0 aliphatic heterocycles. The van der Waals surface area contributed by atoms with Crippen LogP contribution in [0.1, 0.15) is 55.7 Å². The molecule has 0 saturated heterocycles. The van der Waals surface area contributed by atoms with Gasteiger partial charge in [0, 0.05) is 0 Å². The summed E-state index contributed by atoms with van der Waals surface area (Å²) in [6.07, 6.45) is 9.86. The standard InChI is InChI=1S/C24H24N2O2/c1-17(2)13-21-14-23(28-16-26)11-12-24(21)20-5-3-18(4-6-20)19-7-9-22(10-8-19)27-15-25/h5,7-12,14,17-18H,3-4,6,13H2,1-2H3. The quantitative estimate of drug-likeness (QED) is 0.587. The normalized spacial score (nSPS) is 16.0. The maximum Gasteiger partial charge on any atom is 0.292 e. The predicted molar refractivity (Wildman–Crippen MR) is 108 cm³/mol. The van der Waals surface area contributed by atoms with Crippen LogP contribution in [0.2, 0.25) is 0 Å². The molecule has 0 heterocycles. The second kappa shape index (κ2) is 9.11. The van der Waals surface area contributed by atoms with Crippen molar-refractivity contribution in [2.45, 2.75) is 45.4 Å². The van der Waals surface area contributed by atoms with E-state index < -0.39 is 0 Å². The van der Waals surface area contributed by atoms with Gasteiger partial charge in [-0.3, -0.25) is 0 Å². The fourth-order valence-corrected chi connectivity index (χ4v) is 3.85. The van der Waals surface area contributed by atoms with Crippen LogP contribution in [-0.4, -0.2) is 0 Å². The minimum absolute atomic E-state index is 0.481. The van der Waals surface area contributed by atoms with Crippen molar-refractivity contribution in [3.05, 3.63) is 65.2 Å². The summed E-state index contributed by atoms with van der Waals surface area (Å²) in [6, 6.07) is 13.8. The van der Waals surface area contributed by atoms with Gasteiger partial charge in [0.2, 0.25) is 0 Å². The molecule has 1 unspecified atom stereocenters. The van der Waals surface area contributed by atoms with Crippen LogP contribution in [0.15, 0.2) is 48.5 Å². The average Bonchev–Trinajstić information content (AvgIpc) is 2.69. The molecule has 28 heavy (non-hydrogen) atoms. The zero-order chi connectivity index (χ0) is 19.9. The van der Waals surface area contributed by atoms with Gasteiger partial charge in [-0.1, -0.05) is 38.1 Å². The van der Waals surface area contributed by atoms with Gasteiger partial charge in [-0.25, -0.2) is 0 Å². The fourth-order valence-electron chi connectivity index (χ4n) is 3.85. The number of hydrogen-bond donors (Lipinski definition) is 0. The molecule has 0 radical (unpaired) electrons. The Hall–Kier alpha value is -3.24. The summed E-state index contributed by atoms with van der Waals surface area (Å²) in [4.78, 5) is 0. The molecule has 1 atom stereocenters. The van der Waals surface area contributed by atoms with Gasteiger partial charge in [-0.2, -0.15) is 0 Å². The van der Waals surface area contributed by atoms with Crippen LogP contribution in [0.3, 0.4) is 0 Å². The van der Waals surface area contributed by atoms with Crippen LogP contribution in [0.25, 0.3) is 5.57 Å². The molecule has 0 saturated carbocycles. The van der Waals surface area contributed by atoms with Crippen molar-refractivity contribution < 1.29 is 9.47 Å². The highest BCUT2D eigenvalue weighted by atomic mass is 16.5. The Morgan fingerprint density at radius 2 is 1.68 bits per heavy atom. The Balaban J connectivity index is 1.78. The molecule has 4 nitrogen and oxygen atoms in total. The van der Waals surface area contributed by atoms with Crippen molar-refractivity contribution in [3.63, 3.8) is 0 Å². The average molecular weight is 372 g/mol. The number of nitrogens with zero attached hydrogens (tertiary/aromatic N) is 2. The summed E-state index contributed by atoms with van der Waals surface area (Å²) in [5.41, 5.74) is 5.17. The van der Waals surface area contributed by atoms with Gasteiger partial charge in [-0.05, 0) is 84.0 Å². The second-order valence-corrected chi connectivity index (χ2v) is 7.57. The van der Waals surface area contributed by atoms with E-state index in [1.165, 1.54) is 22.3 Å². The van der Waals surface area contributed by atoms with Crippen LogP contribution in [0.5, 0.6) is 11.5 Å². The Labute approximate surface area is 166 Å². The Morgan fingerprint density at radius 1 is 1.00 bits per heavy atom. The maximum absolute atomic E-state index is 8.79. The minimum Gasteiger partial charge on any atom is -0.388 e. The molecule has 0 fully saturated rings. The summed E-state index contributed by atoms with van der Waals surface area (Å²) < 4.78 is 9.89. The Morgan fingerprint density at radius 3 is 2.29 bits per heavy atom. The smallest absolute Gasteiger partial charge is 0.292 e. The highest BCUT2D eigenvalue weighted by Crippen LogP contribution is 2.38. The first kappa shape index (κ1) is 19.5. The first-order valence-corrected chi connectivity index (χ1v) is 9.65. The number of ether oxygens (including phenoxy) is 2. The predicted octanol–water partition coefficient (Wildman–Crippen LogP) is 5.96. The van der Waals surface area contributed by atoms with E-state index in [0.29, 0.717) is 23.3 Å². The van der Waals surface area contributed by atoms with Gasteiger partial charge < -0.3 is 9.47 Å². The SMILES string of the molecule is CC(C)Cc1cc(OC#N)ccc1C1=CCC(c2ccc(OC#N)cc2)CC1. The van der Waals surface area contributed by atoms with Crippen molar-refractivity contribution >= 4 is 5.57 Å². The van der Waals surface area contributed by atoms with Gasteiger partial charge in [0.1, 0.15) is 11.5 Å². The lowest BCUT2D eigenvalue weighted by molar-refractivity contribution is 0.505. The van der Waals surface area contributed by atoms with Crippen LogP contribution in [-0.2, 0) is 6.42 Å². The van der Waals surface area contributed by atoms with Crippen molar-refractivity contribution in [2.24, 2.45) is 5.92 Å². The zero-order valence-electron chi connectivity index (χ0n) is 16.3. The third-order valence-corrected chi connectivity index (χ3v) is 5.14. The summed E-state index contributed by atoms with van der Waals surface area (Å²) in [7, 11) is 0. The van der Waals surface area contributed by atoms with Gasteiger partial charge in [0.05, 0.1) is 0 Å². The summed E-state index contributed by atoms with van der Waals surface area (Å²) in [5.74, 6) is 2.20. The number of hydrogen-bond acceptors (Lipinski definition) is 4. The van der Waals surface area contributed by atoms with Gasteiger partial charge in [-0.15, -0.1) is 10.5 Å². The Kier molecular flexibility index (Phi) is 6.35. The van der Waals surface area contributed by atoms with E-state index in [9.17, 15) is 0 Å². The minimum atomic E-state index is 0.481. The topological polar surface area (TPSA) is 66.0 Å². The second-order valence-electron chi connectivity index (χ2n) is 7.57. The molecule has 2 aromatic rings. The molecule has 2 aromatic carbocycles. The van der Waals surface area contributed by atoms with Gasteiger partial charge in [0.25, 0.3) is 12.5 Å². The maximum atomic E-state index is 8.79. The Bertz CT molecular complexity index is 931. The molecule has 0 bridgehead atoms. The highest BCUT2D eigenvalue weighted by molar-refractivity contribution is 5.70. The lowest BCUT2D eigenvalue weighted by Crippen LogP contribution is -2.06. The number of allylic oxidation sites excluding steroid dienone is 2. The molecular formula is C24H24N2O2. The first-order valence-electron chi connectivity index (χ1n) is 9.65. The van der Waals surface area contributed by atoms with Crippen LogP contribution >= 0.6 is 0 Å². The van der Waals surface area contributed by atoms with Crippen molar-refractivity contribution in [3.8, 4) is 24.0 Å². The van der Waals surface area contributed by atoms with Crippen LogP contribution < -0.4 is 9.47 Å². The molecule has 0 amide bonds. The van der Waals surface area contributed by atoms with Gasteiger partial charge in [0.15, 0.2) is 0 Å². The first-order chi connectivity index (χ1) is 13.6. The lowest BCUT2D eigenvalue weighted by Gasteiger charge is -2.24. The van der Waals surface area contributed by atoms with Crippen LogP contribution in [0.4, 0.5) is 0 Å². The summed E-state index contributed by atoms with van der Waals surface area (Å²) >= 11 is 0. The fraction of sp³-hybridized carbons (Fsp3) is 0.333. The molecule has 142 valence electrons. The summed E-state index contributed by atoms with van der Waals surface area (Å²) in [6.45, 7) is 4.40. The van der Waals surface area contributed by atoms with E-state index in [0.717, 1.165) is 25.7 Å². The number of rotatable bonds is 6. The van der Waals surface area contributed by atoms with E-state index in [2.05, 4.69) is 26.0 Å². The highest BCUT2D eigenvalue weighted by Gasteiger charge is 2.19. The van der Waals surface area contributed by atoms with Crippen molar-refractivity contribution in [1.82, 2.24) is 0 Å². The number of benzene rings is 2. The number of nitriles is 2. The van der Waals surface area contributed by atoms with E-state index in [1.807, 2.05) is 36.4 Å². The monoisotopic (exact) mass is 372 g/mol.